The van der Waals surface area contributed by atoms with Gasteiger partial charge in [0.15, 0.2) is 0 Å². The molecular formula is C16H19N3O2. The Balaban J connectivity index is 2.13. The number of aliphatic imine (C=N–C) groups is 1. The molecule has 0 aromatic heterocycles. The van der Waals surface area contributed by atoms with Crippen molar-refractivity contribution >= 4 is 5.84 Å². The molecular weight excluding hydrogens is 266 g/mol. The lowest BCUT2D eigenvalue weighted by atomic mass is 9.85. The molecule has 2 atom stereocenters. The Bertz CT molecular complexity index is 645. The van der Waals surface area contributed by atoms with E-state index < -0.39 is 11.7 Å². The Hall–Kier alpha value is -2.06. The van der Waals surface area contributed by atoms with E-state index in [9.17, 15) is 5.11 Å². The standard InChI is InChI=1S/C16H19N3O2/c1-10-18-6-7-19(10)14-12-8-11(9-17)4-5-13(12)21-16(2,3)15(14)20/h4-5,8,14-15,20H,6-7H2,1-3H3. The number of amidine groups is 1. The first-order valence-corrected chi connectivity index (χ1v) is 7.13. The monoisotopic (exact) mass is 285 g/mol. The topological polar surface area (TPSA) is 68.9 Å². The molecule has 2 heterocycles. The van der Waals surface area contributed by atoms with Crippen LogP contribution in [0.4, 0.5) is 0 Å². The molecule has 0 fully saturated rings. The molecule has 1 aromatic carbocycles. The van der Waals surface area contributed by atoms with Crippen molar-refractivity contribution in [2.24, 2.45) is 4.99 Å². The van der Waals surface area contributed by atoms with E-state index in [2.05, 4.69) is 16.0 Å². The van der Waals surface area contributed by atoms with E-state index in [1.165, 1.54) is 0 Å². The molecule has 5 heteroatoms. The van der Waals surface area contributed by atoms with Crippen LogP contribution in [-0.4, -0.2) is 40.6 Å². The maximum Gasteiger partial charge on any atom is 0.132 e. The Morgan fingerprint density at radius 3 is 2.86 bits per heavy atom. The Morgan fingerprint density at radius 1 is 1.48 bits per heavy atom. The highest BCUT2D eigenvalue weighted by atomic mass is 16.5. The zero-order valence-corrected chi connectivity index (χ0v) is 12.5. The Kier molecular flexibility index (Phi) is 3.14. The number of aliphatic hydroxyl groups is 1. The summed E-state index contributed by atoms with van der Waals surface area (Å²) in [6.45, 7) is 7.24. The van der Waals surface area contributed by atoms with Gasteiger partial charge in [-0.25, -0.2) is 0 Å². The van der Waals surface area contributed by atoms with Crippen LogP contribution < -0.4 is 4.74 Å². The van der Waals surface area contributed by atoms with Gasteiger partial charge in [0, 0.05) is 12.1 Å². The SMILES string of the molecule is CC1=NCCN1C1c2cc(C#N)ccc2OC(C)(C)C1O. The minimum atomic E-state index is -0.692. The number of nitrogens with zero attached hydrogens (tertiary/aromatic N) is 3. The lowest BCUT2D eigenvalue weighted by molar-refractivity contribution is -0.0803. The van der Waals surface area contributed by atoms with E-state index in [0.717, 1.165) is 30.2 Å². The highest BCUT2D eigenvalue weighted by Crippen LogP contribution is 2.43. The molecule has 5 nitrogen and oxygen atoms in total. The van der Waals surface area contributed by atoms with Crippen LogP contribution in [0.15, 0.2) is 23.2 Å². The molecule has 0 radical (unpaired) electrons. The second-order valence-corrected chi connectivity index (χ2v) is 6.08. The molecule has 21 heavy (non-hydrogen) atoms. The van der Waals surface area contributed by atoms with Gasteiger partial charge in [0.25, 0.3) is 0 Å². The van der Waals surface area contributed by atoms with Gasteiger partial charge in [-0.15, -0.1) is 0 Å². The molecule has 3 rings (SSSR count). The van der Waals surface area contributed by atoms with E-state index in [-0.39, 0.29) is 6.04 Å². The number of fused-ring (bicyclic) bond motifs is 1. The average Bonchev–Trinajstić information content (AvgIpc) is 2.86. The fourth-order valence-electron chi connectivity index (χ4n) is 3.09. The summed E-state index contributed by atoms with van der Waals surface area (Å²) >= 11 is 0. The number of benzene rings is 1. The third kappa shape index (κ3) is 2.16. The third-order valence-electron chi connectivity index (χ3n) is 4.27. The predicted octanol–water partition coefficient (Wildman–Crippen LogP) is 1.87. The number of ether oxygens (including phenoxy) is 1. The smallest absolute Gasteiger partial charge is 0.132 e. The molecule has 0 spiro atoms. The van der Waals surface area contributed by atoms with Gasteiger partial charge < -0.3 is 14.7 Å². The van der Waals surface area contributed by atoms with Gasteiger partial charge in [-0.1, -0.05) is 0 Å². The average molecular weight is 285 g/mol. The van der Waals surface area contributed by atoms with Crippen LogP contribution in [0.5, 0.6) is 5.75 Å². The van der Waals surface area contributed by atoms with Crippen LogP contribution in [0.3, 0.4) is 0 Å². The zero-order valence-electron chi connectivity index (χ0n) is 12.5. The largest absolute Gasteiger partial charge is 0.485 e. The van der Waals surface area contributed by atoms with Gasteiger partial charge >= 0.3 is 0 Å². The molecule has 1 aromatic rings. The van der Waals surface area contributed by atoms with Crippen LogP contribution in [0, 0.1) is 11.3 Å². The lowest BCUT2D eigenvalue weighted by Crippen LogP contribution is -2.54. The fourth-order valence-corrected chi connectivity index (χ4v) is 3.09. The van der Waals surface area contributed by atoms with Gasteiger partial charge in [0.05, 0.1) is 30.1 Å². The molecule has 0 saturated heterocycles. The summed E-state index contributed by atoms with van der Waals surface area (Å²) in [5.41, 5.74) is 0.745. The van der Waals surface area contributed by atoms with Crippen molar-refractivity contribution in [3.63, 3.8) is 0 Å². The Morgan fingerprint density at radius 2 is 2.24 bits per heavy atom. The van der Waals surface area contributed by atoms with Crippen molar-refractivity contribution in [3.05, 3.63) is 29.3 Å². The van der Waals surface area contributed by atoms with Crippen LogP contribution in [-0.2, 0) is 0 Å². The quantitative estimate of drug-likeness (QED) is 0.855. The van der Waals surface area contributed by atoms with Gasteiger partial charge in [-0.3, -0.25) is 4.99 Å². The van der Waals surface area contributed by atoms with Crippen molar-refractivity contribution in [3.8, 4) is 11.8 Å². The lowest BCUT2D eigenvalue weighted by Gasteiger charge is -2.46. The van der Waals surface area contributed by atoms with Crippen LogP contribution in [0.1, 0.15) is 37.9 Å². The zero-order chi connectivity index (χ0) is 15.2. The second kappa shape index (κ2) is 4.74. The molecule has 110 valence electrons. The fraction of sp³-hybridized carbons (Fsp3) is 0.500. The van der Waals surface area contributed by atoms with Gasteiger partial charge in [0.2, 0.25) is 0 Å². The minimum absolute atomic E-state index is 0.233. The third-order valence-corrected chi connectivity index (χ3v) is 4.27. The van der Waals surface area contributed by atoms with Crippen LogP contribution in [0.2, 0.25) is 0 Å². The summed E-state index contributed by atoms with van der Waals surface area (Å²) in [4.78, 5) is 6.52. The summed E-state index contributed by atoms with van der Waals surface area (Å²) in [5.74, 6) is 1.65. The number of nitriles is 1. The number of aliphatic hydroxyl groups excluding tert-OH is 1. The Labute approximate surface area is 124 Å². The minimum Gasteiger partial charge on any atom is -0.485 e. The highest BCUT2D eigenvalue weighted by molar-refractivity contribution is 5.82. The molecule has 2 aliphatic heterocycles. The van der Waals surface area contributed by atoms with E-state index >= 15 is 0 Å². The van der Waals surface area contributed by atoms with Crippen LogP contribution in [0.25, 0.3) is 0 Å². The normalized spacial score (nSPS) is 26.6. The molecule has 0 bridgehead atoms. The van der Waals surface area contributed by atoms with Crippen molar-refractivity contribution in [1.82, 2.24) is 4.90 Å². The maximum absolute atomic E-state index is 10.8. The summed E-state index contributed by atoms with van der Waals surface area (Å²) < 4.78 is 5.93. The predicted molar refractivity (Wildman–Crippen MR) is 79.3 cm³/mol. The molecule has 2 aliphatic rings. The maximum atomic E-state index is 10.8. The van der Waals surface area contributed by atoms with Gasteiger partial charge in [-0.05, 0) is 39.0 Å². The van der Waals surface area contributed by atoms with Crippen molar-refractivity contribution < 1.29 is 9.84 Å². The molecule has 1 N–H and O–H groups in total. The van der Waals surface area contributed by atoms with Crippen molar-refractivity contribution in [2.45, 2.75) is 38.5 Å². The first-order chi connectivity index (χ1) is 9.94. The number of rotatable bonds is 1. The molecule has 2 unspecified atom stereocenters. The van der Waals surface area contributed by atoms with Crippen molar-refractivity contribution in [2.75, 3.05) is 13.1 Å². The van der Waals surface area contributed by atoms with Crippen LogP contribution >= 0.6 is 0 Å². The summed E-state index contributed by atoms with van der Waals surface area (Å²) in [7, 11) is 0. The first kappa shape index (κ1) is 13.9. The summed E-state index contributed by atoms with van der Waals surface area (Å²) in [5, 5.41) is 19.9. The highest BCUT2D eigenvalue weighted by Gasteiger charge is 2.46. The molecule has 0 aliphatic carbocycles. The van der Waals surface area contributed by atoms with E-state index in [1.54, 1.807) is 6.07 Å². The summed E-state index contributed by atoms with van der Waals surface area (Å²) in [6.07, 6.45) is -0.692. The van der Waals surface area contributed by atoms with E-state index in [4.69, 9.17) is 10.00 Å². The van der Waals surface area contributed by atoms with Crippen molar-refractivity contribution in [1.29, 1.82) is 5.26 Å². The number of hydrogen-bond donors (Lipinski definition) is 1. The van der Waals surface area contributed by atoms with Gasteiger partial charge in [0.1, 0.15) is 17.5 Å². The summed E-state index contributed by atoms with van der Waals surface area (Å²) in [6, 6.07) is 7.29. The second-order valence-electron chi connectivity index (χ2n) is 6.08. The van der Waals surface area contributed by atoms with Gasteiger partial charge in [-0.2, -0.15) is 5.26 Å². The first-order valence-electron chi connectivity index (χ1n) is 7.13. The van der Waals surface area contributed by atoms with E-state index in [1.807, 2.05) is 32.9 Å². The molecule has 0 saturated carbocycles. The molecule has 0 amide bonds. The number of hydrogen-bond acceptors (Lipinski definition) is 5. The van der Waals surface area contributed by atoms with E-state index in [0.29, 0.717) is 5.56 Å².